The van der Waals surface area contributed by atoms with Gasteiger partial charge in [0.1, 0.15) is 6.33 Å². The molecule has 0 spiro atoms. The van der Waals surface area contributed by atoms with Crippen LogP contribution in [0.5, 0.6) is 0 Å². The molecule has 7 heteroatoms. The highest BCUT2D eigenvalue weighted by Gasteiger charge is 2.32. The molecule has 1 aromatic carbocycles. The molecule has 1 aromatic heterocycles. The van der Waals surface area contributed by atoms with E-state index in [2.05, 4.69) is 20.8 Å². The predicted molar refractivity (Wildman–Crippen MR) is 83.6 cm³/mol. The standard InChI is InChI=1S/C16H21N5O2/c1-16(2)10-13(8-9-23-16)18-15(22)14(21-11-17-19-20-21)12-6-4-3-5-7-12/h3-7,11,13-14H,8-10H2,1-2H3,(H,18,22)/t13-,14+/m1/s1. The van der Waals surface area contributed by atoms with Crippen LogP contribution in [0.25, 0.3) is 0 Å². The Bertz CT molecular complexity index is 642. The van der Waals surface area contributed by atoms with Crippen molar-refractivity contribution in [2.45, 2.75) is 44.4 Å². The molecule has 2 heterocycles. The fourth-order valence-electron chi connectivity index (χ4n) is 2.98. The van der Waals surface area contributed by atoms with Crippen LogP contribution in [0.1, 0.15) is 38.3 Å². The van der Waals surface area contributed by atoms with Gasteiger partial charge in [0.15, 0.2) is 6.04 Å². The highest BCUT2D eigenvalue weighted by Crippen LogP contribution is 2.25. The Labute approximate surface area is 135 Å². The lowest BCUT2D eigenvalue weighted by Gasteiger charge is -2.36. The number of carbonyl (C=O) groups is 1. The number of nitrogens with one attached hydrogen (secondary N) is 1. The van der Waals surface area contributed by atoms with Gasteiger partial charge in [0.05, 0.1) is 5.60 Å². The second kappa shape index (κ2) is 6.45. The molecule has 1 fully saturated rings. The Kier molecular flexibility index (Phi) is 4.38. The summed E-state index contributed by atoms with van der Waals surface area (Å²) in [7, 11) is 0. The highest BCUT2D eigenvalue weighted by molar-refractivity contribution is 5.83. The Balaban J connectivity index is 1.79. The largest absolute Gasteiger partial charge is 0.375 e. The molecule has 0 radical (unpaired) electrons. The molecule has 3 rings (SSSR count). The van der Waals surface area contributed by atoms with Gasteiger partial charge in [0.2, 0.25) is 5.91 Å². The minimum absolute atomic E-state index is 0.0916. The summed E-state index contributed by atoms with van der Waals surface area (Å²) in [5.41, 5.74) is 0.636. The summed E-state index contributed by atoms with van der Waals surface area (Å²) < 4.78 is 7.19. The summed E-state index contributed by atoms with van der Waals surface area (Å²) in [4.78, 5) is 12.9. The number of nitrogens with zero attached hydrogens (tertiary/aromatic N) is 4. The number of hydrogen-bond donors (Lipinski definition) is 1. The second-order valence-corrected chi connectivity index (χ2v) is 6.41. The smallest absolute Gasteiger partial charge is 0.249 e. The molecule has 2 atom stereocenters. The molecule has 1 saturated heterocycles. The molecule has 0 unspecified atom stereocenters. The second-order valence-electron chi connectivity index (χ2n) is 6.41. The van der Waals surface area contributed by atoms with Crippen LogP contribution in [0, 0.1) is 0 Å². The van der Waals surface area contributed by atoms with Gasteiger partial charge in [0.25, 0.3) is 0 Å². The summed E-state index contributed by atoms with van der Waals surface area (Å²) in [6, 6.07) is 9.04. The van der Waals surface area contributed by atoms with E-state index in [1.165, 1.54) is 11.0 Å². The molecule has 0 aliphatic carbocycles. The first-order valence-electron chi connectivity index (χ1n) is 7.77. The lowest BCUT2D eigenvalue weighted by molar-refractivity contribution is -0.126. The van der Waals surface area contributed by atoms with Crippen molar-refractivity contribution in [3.63, 3.8) is 0 Å². The number of hydrogen-bond acceptors (Lipinski definition) is 5. The van der Waals surface area contributed by atoms with Crippen LogP contribution in [0.2, 0.25) is 0 Å². The summed E-state index contributed by atoms with van der Waals surface area (Å²) >= 11 is 0. The summed E-state index contributed by atoms with van der Waals surface area (Å²) in [6.45, 7) is 4.74. The third-order valence-electron chi connectivity index (χ3n) is 4.04. The predicted octanol–water partition coefficient (Wildman–Crippen LogP) is 1.34. The number of tetrazole rings is 1. The van der Waals surface area contributed by atoms with Crippen LogP contribution in [-0.4, -0.2) is 44.4 Å². The van der Waals surface area contributed by atoms with E-state index in [1.807, 2.05) is 44.2 Å². The van der Waals surface area contributed by atoms with E-state index in [4.69, 9.17) is 4.74 Å². The minimum Gasteiger partial charge on any atom is -0.375 e. The molecule has 1 aliphatic rings. The first-order valence-corrected chi connectivity index (χ1v) is 7.77. The first kappa shape index (κ1) is 15.6. The van der Waals surface area contributed by atoms with Crippen LogP contribution in [0.15, 0.2) is 36.7 Å². The van der Waals surface area contributed by atoms with Gasteiger partial charge in [-0.05, 0) is 42.7 Å². The van der Waals surface area contributed by atoms with Crippen molar-refractivity contribution in [1.29, 1.82) is 0 Å². The lowest BCUT2D eigenvalue weighted by atomic mass is 9.93. The van der Waals surface area contributed by atoms with Gasteiger partial charge in [-0.1, -0.05) is 30.3 Å². The Hall–Kier alpha value is -2.28. The van der Waals surface area contributed by atoms with Crippen LogP contribution >= 0.6 is 0 Å². The van der Waals surface area contributed by atoms with Crippen molar-refractivity contribution in [3.8, 4) is 0 Å². The zero-order valence-electron chi connectivity index (χ0n) is 13.3. The lowest BCUT2D eigenvalue weighted by Crippen LogP contribution is -2.47. The van der Waals surface area contributed by atoms with Crippen LogP contribution in [0.4, 0.5) is 0 Å². The van der Waals surface area contributed by atoms with Gasteiger partial charge in [-0.3, -0.25) is 4.79 Å². The highest BCUT2D eigenvalue weighted by atomic mass is 16.5. The summed E-state index contributed by atoms with van der Waals surface area (Å²) in [5.74, 6) is -0.105. The fraction of sp³-hybridized carbons (Fsp3) is 0.500. The van der Waals surface area contributed by atoms with Crippen LogP contribution < -0.4 is 5.32 Å². The van der Waals surface area contributed by atoms with E-state index in [0.717, 1.165) is 18.4 Å². The molecule has 2 aromatic rings. The number of aromatic nitrogens is 4. The van der Waals surface area contributed by atoms with E-state index in [9.17, 15) is 4.79 Å². The quantitative estimate of drug-likeness (QED) is 0.920. The number of ether oxygens (including phenoxy) is 1. The fourth-order valence-corrected chi connectivity index (χ4v) is 2.98. The maximum absolute atomic E-state index is 12.9. The van der Waals surface area contributed by atoms with Crippen molar-refractivity contribution >= 4 is 5.91 Å². The Morgan fingerprint density at radius 3 is 2.83 bits per heavy atom. The molecule has 0 bridgehead atoms. The van der Waals surface area contributed by atoms with E-state index in [1.54, 1.807) is 0 Å². The molecular weight excluding hydrogens is 294 g/mol. The van der Waals surface area contributed by atoms with Crippen LogP contribution in [0.3, 0.4) is 0 Å². The third-order valence-corrected chi connectivity index (χ3v) is 4.04. The minimum atomic E-state index is -0.572. The van der Waals surface area contributed by atoms with Crippen molar-refractivity contribution in [2.75, 3.05) is 6.61 Å². The van der Waals surface area contributed by atoms with Crippen molar-refractivity contribution < 1.29 is 9.53 Å². The van der Waals surface area contributed by atoms with Gasteiger partial charge in [-0.2, -0.15) is 0 Å². The average Bonchev–Trinajstić information content (AvgIpc) is 3.01. The molecule has 1 N–H and O–H groups in total. The number of carbonyl (C=O) groups excluding carboxylic acids is 1. The van der Waals surface area contributed by atoms with Gasteiger partial charge < -0.3 is 10.1 Å². The molecule has 7 nitrogen and oxygen atoms in total. The zero-order valence-corrected chi connectivity index (χ0v) is 13.3. The SMILES string of the molecule is CC1(C)C[C@H](NC(=O)[C@H](c2ccccc2)n2cnnn2)CCO1. The maximum Gasteiger partial charge on any atom is 0.249 e. The topological polar surface area (TPSA) is 81.9 Å². The molecule has 0 saturated carbocycles. The number of rotatable bonds is 4. The van der Waals surface area contributed by atoms with Crippen molar-refractivity contribution in [2.24, 2.45) is 0 Å². The van der Waals surface area contributed by atoms with Crippen molar-refractivity contribution in [3.05, 3.63) is 42.2 Å². The monoisotopic (exact) mass is 315 g/mol. The maximum atomic E-state index is 12.9. The molecule has 23 heavy (non-hydrogen) atoms. The average molecular weight is 315 g/mol. The molecule has 1 aliphatic heterocycles. The van der Waals surface area contributed by atoms with Crippen molar-refractivity contribution in [1.82, 2.24) is 25.5 Å². The van der Waals surface area contributed by atoms with Gasteiger partial charge in [-0.15, -0.1) is 5.10 Å². The summed E-state index contributed by atoms with van der Waals surface area (Å²) in [5, 5.41) is 14.3. The first-order chi connectivity index (χ1) is 11.1. The summed E-state index contributed by atoms with van der Waals surface area (Å²) in [6.07, 6.45) is 3.06. The van der Waals surface area contributed by atoms with Gasteiger partial charge >= 0.3 is 0 Å². The third kappa shape index (κ3) is 3.73. The number of amides is 1. The van der Waals surface area contributed by atoms with Gasteiger partial charge in [0, 0.05) is 12.6 Å². The zero-order chi connectivity index (χ0) is 16.3. The number of benzene rings is 1. The van der Waals surface area contributed by atoms with E-state index >= 15 is 0 Å². The normalized spacial score (nSPS) is 21.6. The van der Waals surface area contributed by atoms with E-state index < -0.39 is 6.04 Å². The van der Waals surface area contributed by atoms with Crippen LogP contribution in [-0.2, 0) is 9.53 Å². The van der Waals surface area contributed by atoms with E-state index in [0.29, 0.717) is 6.61 Å². The van der Waals surface area contributed by atoms with E-state index in [-0.39, 0.29) is 17.6 Å². The molecule has 122 valence electrons. The Morgan fingerprint density at radius 1 is 1.39 bits per heavy atom. The molecule has 1 amide bonds. The Morgan fingerprint density at radius 2 is 2.17 bits per heavy atom. The van der Waals surface area contributed by atoms with Gasteiger partial charge in [-0.25, -0.2) is 4.68 Å². The molecular formula is C16H21N5O2.